The third-order valence-corrected chi connectivity index (χ3v) is 7.54. The molecule has 0 heterocycles. The van der Waals surface area contributed by atoms with E-state index < -0.39 is 11.9 Å². The van der Waals surface area contributed by atoms with Gasteiger partial charge < -0.3 is 9.84 Å². The molecule has 0 fully saturated rings. The van der Waals surface area contributed by atoms with Crippen molar-refractivity contribution in [3.8, 4) is 0 Å². The molecule has 0 bridgehead atoms. The number of esters is 1. The monoisotopic (exact) mass is 536 g/mol. The number of rotatable bonds is 30. The second kappa shape index (κ2) is 30.2. The van der Waals surface area contributed by atoms with Crippen LogP contribution in [0.4, 0.5) is 0 Å². The van der Waals surface area contributed by atoms with Gasteiger partial charge in [-0.3, -0.25) is 9.59 Å². The van der Waals surface area contributed by atoms with Crippen LogP contribution in [0.25, 0.3) is 0 Å². The summed E-state index contributed by atoms with van der Waals surface area (Å²) in [6, 6.07) is 0. The number of ether oxygens (including phenoxy) is 1. The lowest BCUT2D eigenvalue weighted by molar-refractivity contribution is -0.151. The van der Waals surface area contributed by atoms with Crippen LogP contribution in [0.5, 0.6) is 0 Å². The average molecular weight is 537 g/mol. The normalized spacial score (nSPS) is 12.3. The molecule has 1 atom stereocenters. The van der Waals surface area contributed by atoms with Crippen molar-refractivity contribution in [2.24, 2.45) is 5.92 Å². The molecule has 0 aromatic heterocycles. The summed E-state index contributed by atoms with van der Waals surface area (Å²) < 4.78 is 5.02. The van der Waals surface area contributed by atoms with Crippen LogP contribution in [0.15, 0.2) is 12.2 Å². The van der Waals surface area contributed by atoms with Gasteiger partial charge in [-0.15, -0.1) is 0 Å². The van der Waals surface area contributed by atoms with Crippen LogP contribution in [-0.2, 0) is 14.3 Å². The summed E-state index contributed by atoms with van der Waals surface area (Å²) in [6.07, 6.45) is 36.6. The first-order valence-corrected chi connectivity index (χ1v) is 16.6. The number of allylic oxidation sites excluding steroid dienone is 2. The Bertz CT molecular complexity index is 543. The molecule has 0 aromatic rings. The first-order chi connectivity index (χ1) is 18.6. The van der Waals surface area contributed by atoms with Crippen molar-refractivity contribution >= 4 is 11.9 Å². The van der Waals surface area contributed by atoms with Gasteiger partial charge in [-0.25, -0.2) is 0 Å². The van der Waals surface area contributed by atoms with Gasteiger partial charge in [0.1, 0.15) is 0 Å². The fourth-order valence-corrected chi connectivity index (χ4v) is 5.02. The predicted molar refractivity (Wildman–Crippen MR) is 163 cm³/mol. The van der Waals surface area contributed by atoms with Crippen LogP contribution in [0.2, 0.25) is 0 Å². The van der Waals surface area contributed by atoms with E-state index in [1.54, 1.807) is 0 Å². The van der Waals surface area contributed by atoms with Gasteiger partial charge in [0.2, 0.25) is 0 Å². The molecule has 0 saturated carbocycles. The number of unbranched alkanes of at least 4 members (excludes halogenated alkanes) is 21. The van der Waals surface area contributed by atoms with Gasteiger partial charge in [0.05, 0.1) is 18.9 Å². The van der Waals surface area contributed by atoms with Crippen molar-refractivity contribution in [1.29, 1.82) is 0 Å². The fourth-order valence-electron chi connectivity index (χ4n) is 5.02. The van der Waals surface area contributed by atoms with Gasteiger partial charge in [0.25, 0.3) is 0 Å². The second-order valence-corrected chi connectivity index (χ2v) is 11.4. The average Bonchev–Trinajstić information content (AvgIpc) is 2.91. The first kappa shape index (κ1) is 36.7. The molecule has 0 aliphatic heterocycles. The highest BCUT2D eigenvalue weighted by atomic mass is 16.5. The highest BCUT2D eigenvalue weighted by Gasteiger charge is 2.21. The van der Waals surface area contributed by atoms with E-state index in [0.29, 0.717) is 13.0 Å². The fraction of sp³-hybridized carbons (Fsp3) is 0.882. The Balaban J connectivity index is 3.35. The summed E-state index contributed by atoms with van der Waals surface area (Å²) in [6.45, 7) is 4.59. The highest BCUT2D eigenvalue weighted by Crippen LogP contribution is 2.17. The standard InChI is InChI=1S/C34H64O4/c1-3-5-6-7-8-9-10-11-12-13-14-15-16-17-18-19-20-21-22-23-24-25-26-27-28-29-32(34(36)37)31-33(35)38-30-4-2/h19-20,32H,3-18,21-31H2,1-2H3,(H,36,37)/b20-19+. The maximum Gasteiger partial charge on any atom is 0.307 e. The zero-order valence-electron chi connectivity index (χ0n) is 25.5. The molecule has 224 valence electrons. The molecule has 0 amide bonds. The van der Waals surface area contributed by atoms with Gasteiger partial charge >= 0.3 is 11.9 Å². The molecule has 4 nitrogen and oxygen atoms in total. The number of hydrogen-bond acceptors (Lipinski definition) is 3. The molecule has 0 radical (unpaired) electrons. The molecule has 0 saturated heterocycles. The number of aliphatic carboxylic acids is 1. The third-order valence-electron chi connectivity index (χ3n) is 7.54. The smallest absolute Gasteiger partial charge is 0.307 e. The Labute approximate surface area is 236 Å². The number of carbonyl (C=O) groups excluding carboxylic acids is 1. The third kappa shape index (κ3) is 27.7. The van der Waals surface area contributed by atoms with E-state index >= 15 is 0 Å². The van der Waals surface area contributed by atoms with Crippen LogP contribution in [0, 0.1) is 5.92 Å². The molecule has 0 rings (SSSR count). The van der Waals surface area contributed by atoms with Gasteiger partial charge in [-0.05, 0) is 38.5 Å². The summed E-state index contributed by atoms with van der Waals surface area (Å²) in [7, 11) is 0. The number of hydrogen-bond donors (Lipinski definition) is 1. The Morgan fingerprint density at radius 2 is 0.974 bits per heavy atom. The van der Waals surface area contributed by atoms with E-state index in [2.05, 4.69) is 19.1 Å². The summed E-state index contributed by atoms with van der Waals surface area (Å²) in [5.41, 5.74) is 0. The molecular formula is C34H64O4. The van der Waals surface area contributed by atoms with E-state index in [9.17, 15) is 14.7 Å². The summed E-state index contributed by atoms with van der Waals surface area (Å²) >= 11 is 0. The van der Waals surface area contributed by atoms with Crippen LogP contribution in [-0.4, -0.2) is 23.7 Å². The van der Waals surface area contributed by atoms with E-state index in [4.69, 9.17) is 4.74 Å². The molecular weight excluding hydrogens is 472 g/mol. The van der Waals surface area contributed by atoms with Crippen molar-refractivity contribution in [2.75, 3.05) is 6.61 Å². The Morgan fingerprint density at radius 1 is 0.579 bits per heavy atom. The second-order valence-electron chi connectivity index (χ2n) is 11.4. The molecule has 4 heteroatoms. The Hall–Kier alpha value is -1.32. The van der Waals surface area contributed by atoms with E-state index in [0.717, 1.165) is 25.7 Å². The zero-order valence-corrected chi connectivity index (χ0v) is 25.5. The van der Waals surface area contributed by atoms with Gasteiger partial charge in [0.15, 0.2) is 0 Å². The first-order valence-electron chi connectivity index (χ1n) is 16.6. The summed E-state index contributed by atoms with van der Waals surface area (Å²) in [5, 5.41) is 9.32. The van der Waals surface area contributed by atoms with E-state index in [1.165, 1.54) is 128 Å². The van der Waals surface area contributed by atoms with Crippen LogP contribution < -0.4 is 0 Å². The SMILES string of the molecule is CCCCCCCCCCCCCCCC/C=C/CCCCCCCCCC(CC(=O)OCCC)C(=O)O. The molecule has 0 aromatic carbocycles. The highest BCUT2D eigenvalue weighted by molar-refractivity contribution is 5.78. The number of carbonyl (C=O) groups is 2. The zero-order chi connectivity index (χ0) is 27.9. The molecule has 1 unspecified atom stereocenters. The van der Waals surface area contributed by atoms with Crippen molar-refractivity contribution in [1.82, 2.24) is 0 Å². The van der Waals surface area contributed by atoms with Crippen LogP contribution >= 0.6 is 0 Å². The number of carboxylic acid groups (broad SMARTS) is 1. The van der Waals surface area contributed by atoms with Gasteiger partial charge in [0, 0.05) is 0 Å². The maximum absolute atomic E-state index is 11.7. The lowest BCUT2D eigenvalue weighted by Crippen LogP contribution is -2.19. The molecule has 0 aliphatic rings. The van der Waals surface area contributed by atoms with Crippen LogP contribution in [0.1, 0.15) is 181 Å². The lowest BCUT2D eigenvalue weighted by Gasteiger charge is -2.11. The Morgan fingerprint density at radius 3 is 1.37 bits per heavy atom. The van der Waals surface area contributed by atoms with E-state index in [-0.39, 0.29) is 12.4 Å². The minimum absolute atomic E-state index is 0.00223. The molecule has 38 heavy (non-hydrogen) atoms. The Kier molecular flexibility index (Phi) is 29.2. The lowest BCUT2D eigenvalue weighted by atomic mass is 9.97. The van der Waals surface area contributed by atoms with Crippen LogP contribution in [0.3, 0.4) is 0 Å². The van der Waals surface area contributed by atoms with E-state index in [1.807, 2.05) is 6.92 Å². The van der Waals surface area contributed by atoms with Gasteiger partial charge in [-0.1, -0.05) is 148 Å². The predicted octanol–water partition coefficient (Wildman–Crippen LogP) is 11.0. The molecule has 0 spiro atoms. The van der Waals surface area contributed by atoms with Crippen molar-refractivity contribution < 1.29 is 19.4 Å². The topological polar surface area (TPSA) is 63.6 Å². The van der Waals surface area contributed by atoms with Crippen molar-refractivity contribution in [3.05, 3.63) is 12.2 Å². The minimum Gasteiger partial charge on any atom is -0.481 e. The largest absolute Gasteiger partial charge is 0.481 e. The number of carboxylic acids is 1. The maximum atomic E-state index is 11.7. The molecule has 1 N–H and O–H groups in total. The van der Waals surface area contributed by atoms with Crippen molar-refractivity contribution in [2.45, 2.75) is 181 Å². The van der Waals surface area contributed by atoms with Gasteiger partial charge in [-0.2, -0.15) is 0 Å². The summed E-state index contributed by atoms with van der Waals surface area (Å²) in [5.74, 6) is -1.86. The van der Waals surface area contributed by atoms with Crippen molar-refractivity contribution in [3.63, 3.8) is 0 Å². The quantitative estimate of drug-likeness (QED) is 0.0563. The summed E-state index contributed by atoms with van der Waals surface area (Å²) in [4.78, 5) is 23.0. The minimum atomic E-state index is -0.879. The molecule has 0 aliphatic carbocycles.